The first kappa shape index (κ1) is 17.8. The van der Waals surface area contributed by atoms with Gasteiger partial charge in [0.2, 0.25) is 0 Å². The van der Waals surface area contributed by atoms with Crippen molar-refractivity contribution in [1.29, 1.82) is 0 Å². The number of para-hydroxylation sites is 2. The third kappa shape index (κ3) is 2.50. The van der Waals surface area contributed by atoms with Crippen LogP contribution in [0.5, 0.6) is 0 Å². The smallest absolute Gasteiger partial charge is 0.0555 e. The molecule has 0 saturated heterocycles. The van der Waals surface area contributed by atoms with Crippen molar-refractivity contribution in [2.75, 3.05) is 0 Å². The minimum atomic E-state index is 1.20. The predicted molar refractivity (Wildman–Crippen MR) is 139 cm³/mol. The van der Waals surface area contributed by atoms with E-state index in [1.54, 1.807) is 0 Å². The van der Waals surface area contributed by atoms with E-state index < -0.39 is 0 Å². The second-order valence-electron chi connectivity index (χ2n) is 8.20. The molecule has 1 nitrogen and oxygen atoms in total. The standard InChI is InChI=1S/C30H19NS/c1-3-9-20(10-4-1)21-15-18-28-25(19-21)23-16-17-27-29(30(23)32-28)24-13-7-8-14-26(24)31(27)22-11-5-2-6-12-22/h1-19H. The molecule has 0 spiro atoms. The maximum Gasteiger partial charge on any atom is 0.0555 e. The summed E-state index contributed by atoms with van der Waals surface area (Å²) < 4.78 is 5.10. The van der Waals surface area contributed by atoms with Gasteiger partial charge in [0.1, 0.15) is 0 Å². The first-order valence-corrected chi connectivity index (χ1v) is 11.7. The molecule has 0 aliphatic heterocycles. The first-order valence-electron chi connectivity index (χ1n) is 10.9. The predicted octanol–water partition coefficient (Wildman–Crippen LogP) is 8.82. The van der Waals surface area contributed by atoms with Crippen molar-refractivity contribution < 1.29 is 0 Å². The third-order valence-corrected chi connectivity index (χ3v) is 7.60. The molecular weight excluding hydrogens is 406 g/mol. The second-order valence-corrected chi connectivity index (χ2v) is 9.26. The Balaban J connectivity index is 1.59. The highest BCUT2D eigenvalue weighted by Crippen LogP contribution is 2.44. The van der Waals surface area contributed by atoms with E-state index in [1.165, 1.54) is 58.8 Å². The Kier molecular flexibility index (Phi) is 3.78. The minimum absolute atomic E-state index is 1.20. The molecule has 5 aromatic carbocycles. The summed E-state index contributed by atoms with van der Waals surface area (Å²) in [6, 6.07) is 41.6. The molecule has 7 rings (SSSR count). The van der Waals surface area contributed by atoms with E-state index >= 15 is 0 Å². The molecule has 150 valence electrons. The van der Waals surface area contributed by atoms with E-state index in [1.807, 2.05) is 11.3 Å². The van der Waals surface area contributed by atoms with E-state index in [2.05, 4.69) is 120 Å². The summed E-state index contributed by atoms with van der Waals surface area (Å²) in [5, 5.41) is 5.34. The molecule has 0 saturated carbocycles. The summed E-state index contributed by atoms with van der Waals surface area (Å²) in [6.45, 7) is 0. The fraction of sp³-hybridized carbons (Fsp3) is 0. The van der Waals surface area contributed by atoms with Crippen LogP contribution in [-0.2, 0) is 0 Å². The summed E-state index contributed by atoms with van der Waals surface area (Å²) in [5.41, 5.74) is 6.24. The second kappa shape index (κ2) is 6.81. The summed E-state index contributed by atoms with van der Waals surface area (Å²) >= 11 is 1.91. The van der Waals surface area contributed by atoms with Crippen LogP contribution in [0.25, 0.3) is 58.8 Å². The van der Waals surface area contributed by atoms with Crippen LogP contribution >= 0.6 is 11.3 Å². The Bertz CT molecular complexity index is 1760. The Labute approximate surface area is 189 Å². The number of fused-ring (bicyclic) bond motifs is 7. The van der Waals surface area contributed by atoms with Crippen LogP contribution < -0.4 is 0 Å². The van der Waals surface area contributed by atoms with Crippen molar-refractivity contribution in [3.63, 3.8) is 0 Å². The SMILES string of the molecule is c1ccc(-c2ccc3sc4c(ccc5c4c4ccccc4n5-c4ccccc4)c3c2)cc1. The molecule has 32 heavy (non-hydrogen) atoms. The van der Waals surface area contributed by atoms with Crippen molar-refractivity contribution in [1.82, 2.24) is 4.57 Å². The van der Waals surface area contributed by atoms with Gasteiger partial charge in [-0.15, -0.1) is 11.3 Å². The van der Waals surface area contributed by atoms with Gasteiger partial charge in [-0.2, -0.15) is 0 Å². The van der Waals surface area contributed by atoms with Gasteiger partial charge < -0.3 is 4.57 Å². The van der Waals surface area contributed by atoms with Crippen LogP contribution in [0.1, 0.15) is 0 Å². The van der Waals surface area contributed by atoms with Gasteiger partial charge >= 0.3 is 0 Å². The molecule has 7 aromatic rings. The maximum atomic E-state index is 2.39. The van der Waals surface area contributed by atoms with Gasteiger partial charge in [-0.05, 0) is 47.5 Å². The molecule has 2 heteroatoms. The lowest BCUT2D eigenvalue weighted by molar-refractivity contribution is 1.18. The average molecular weight is 426 g/mol. The molecule has 2 heterocycles. The minimum Gasteiger partial charge on any atom is -0.309 e. The van der Waals surface area contributed by atoms with Crippen LogP contribution in [0.4, 0.5) is 0 Å². The van der Waals surface area contributed by atoms with Crippen LogP contribution in [0, 0.1) is 0 Å². The summed E-state index contributed by atoms with van der Waals surface area (Å²) in [4.78, 5) is 0. The normalized spacial score (nSPS) is 11.8. The van der Waals surface area contributed by atoms with Gasteiger partial charge in [0.25, 0.3) is 0 Å². The highest BCUT2D eigenvalue weighted by atomic mass is 32.1. The van der Waals surface area contributed by atoms with Gasteiger partial charge in [-0.1, -0.05) is 78.9 Å². The molecule has 0 aliphatic carbocycles. The lowest BCUT2D eigenvalue weighted by atomic mass is 10.0. The van der Waals surface area contributed by atoms with Crippen LogP contribution in [-0.4, -0.2) is 4.57 Å². The van der Waals surface area contributed by atoms with Gasteiger partial charge in [0.15, 0.2) is 0 Å². The van der Waals surface area contributed by atoms with Gasteiger partial charge in [0, 0.05) is 36.6 Å². The monoisotopic (exact) mass is 425 g/mol. The molecule has 0 fully saturated rings. The average Bonchev–Trinajstić information content (AvgIpc) is 3.40. The fourth-order valence-corrected chi connectivity index (χ4v) is 6.19. The number of benzene rings is 5. The highest BCUT2D eigenvalue weighted by molar-refractivity contribution is 7.26. The number of thiophene rings is 1. The van der Waals surface area contributed by atoms with E-state index in [0.717, 1.165) is 0 Å². The Morgan fingerprint density at radius 3 is 2.09 bits per heavy atom. The van der Waals surface area contributed by atoms with Gasteiger partial charge in [-0.3, -0.25) is 0 Å². The van der Waals surface area contributed by atoms with Gasteiger partial charge in [-0.25, -0.2) is 0 Å². The molecule has 0 N–H and O–H groups in total. The lowest BCUT2D eigenvalue weighted by Crippen LogP contribution is -1.92. The molecule has 0 amide bonds. The zero-order chi connectivity index (χ0) is 21.1. The van der Waals surface area contributed by atoms with Crippen LogP contribution in [0.2, 0.25) is 0 Å². The zero-order valence-electron chi connectivity index (χ0n) is 17.3. The van der Waals surface area contributed by atoms with E-state index in [4.69, 9.17) is 0 Å². The number of aromatic nitrogens is 1. The molecule has 0 unspecified atom stereocenters. The molecule has 0 radical (unpaired) electrons. The van der Waals surface area contributed by atoms with Crippen molar-refractivity contribution in [2.24, 2.45) is 0 Å². The van der Waals surface area contributed by atoms with Gasteiger partial charge in [0.05, 0.1) is 11.0 Å². The zero-order valence-corrected chi connectivity index (χ0v) is 18.1. The topological polar surface area (TPSA) is 4.93 Å². The number of hydrogen-bond acceptors (Lipinski definition) is 1. The lowest BCUT2D eigenvalue weighted by Gasteiger charge is -2.07. The molecule has 0 atom stereocenters. The first-order chi connectivity index (χ1) is 15.9. The van der Waals surface area contributed by atoms with Crippen molar-refractivity contribution >= 4 is 53.3 Å². The van der Waals surface area contributed by atoms with E-state index in [0.29, 0.717) is 0 Å². The third-order valence-electron chi connectivity index (χ3n) is 6.39. The number of nitrogens with zero attached hydrogens (tertiary/aromatic N) is 1. The molecular formula is C30H19NS. The Morgan fingerprint density at radius 2 is 1.25 bits per heavy atom. The van der Waals surface area contributed by atoms with Crippen LogP contribution in [0.3, 0.4) is 0 Å². The Hall–Kier alpha value is -3.88. The fourth-order valence-electron chi connectivity index (χ4n) is 4.95. The van der Waals surface area contributed by atoms with E-state index in [9.17, 15) is 0 Å². The molecule has 2 aromatic heterocycles. The van der Waals surface area contributed by atoms with Crippen LogP contribution in [0.15, 0.2) is 115 Å². The number of rotatable bonds is 2. The van der Waals surface area contributed by atoms with E-state index in [-0.39, 0.29) is 0 Å². The largest absolute Gasteiger partial charge is 0.309 e. The van der Waals surface area contributed by atoms with Crippen molar-refractivity contribution in [3.05, 3.63) is 115 Å². The molecule has 0 aliphatic rings. The Morgan fingerprint density at radius 1 is 0.500 bits per heavy atom. The van der Waals surface area contributed by atoms with Crippen molar-refractivity contribution in [3.8, 4) is 16.8 Å². The summed E-state index contributed by atoms with van der Waals surface area (Å²) in [7, 11) is 0. The van der Waals surface area contributed by atoms with Crippen molar-refractivity contribution in [2.45, 2.75) is 0 Å². The molecule has 0 bridgehead atoms. The summed E-state index contributed by atoms with van der Waals surface area (Å²) in [5.74, 6) is 0. The quantitative estimate of drug-likeness (QED) is 0.261. The number of hydrogen-bond donors (Lipinski definition) is 0. The highest BCUT2D eigenvalue weighted by Gasteiger charge is 2.17. The maximum absolute atomic E-state index is 2.39. The summed E-state index contributed by atoms with van der Waals surface area (Å²) in [6.07, 6.45) is 0.